The Balaban J connectivity index is 1.90. The fraction of sp³-hybridized carbons (Fsp3) is 0.467. The van der Waals surface area contributed by atoms with E-state index in [0.29, 0.717) is 24.2 Å². The van der Waals surface area contributed by atoms with Crippen molar-refractivity contribution in [3.8, 4) is 5.75 Å². The van der Waals surface area contributed by atoms with Crippen LogP contribution in [0.2, 0.25) is 0 Å². The zero-order chi connectivity index (χ0) is 14.3. The Hall–Kier alpha value is -2.04. The Morgan fingerprint density at radius 2 is 2.25 bits per heavy atom. The first-order valence-corrected chi connectivity index (χ1v) is 6.97. The van der Waals surface area contributed by atoms with Crippen LogP contribution >= 0.6 is 0 Å². The molecule has 2 fully saturated rings. The van der Waals surface area contributed by atoms with E-state index in [1.807, 2.05) is 0 Å². The Morgan fingerprint density at radius 3 is 3.05 bits per heavy atom. The van der Waals surface area contributed by atoms with Crippen molar-refractivity contribution in [2.45, 2.75) is 25.8 Å². The average molecular weight is 274 g/mol. The molecule has 1 aromatic carbocycles. The smallest absolute Gasteiger partial charge is 0.257 e. The monoisotopic (exact) mass is 274 g/mol. The number of rotatable bonds is 1. The van der Waals surface area contributed by atoms with E-state index in [1.54, 1.807) is 30.0 Å². The fourth-order valence-corrected chi connectivity index (χ4v) is 3.19. The summed E-state index contributed by atoms with van der Waals surface area (Å²) in [6.07, 6.45) is 1.66. The highest BCUT2D eigenvalue weighted by atomic mass is 16.3. The van der Waals surface area contributed by atoms with Crippen LogP contribution in [0.15, 0.2) is 18.2 Å². The molecule has 0 spiro atoms. The average Bonchev–Trinajstić information content (AvgIpc) is 2.83. The van der Waals surface area contributed by atoms with Crippen LogP contribution in [-0.2, 0) is 4.79 Å². The minimum atomic E-state index is -0.183. The SMILES string of the molecule is Cc1cccc(C(=O)N2CCCC3C(=O)NCC32)c1O. The first-order chi connectivity index (χ1) is 9.59. The molecule has 2 N–H and O–H groups in total. The van der Waals surface area contributed by atoms with Crippen LogP contribution in [0, 0.1) is 12.8 Å². The largest absolute Gasteiger partial charge is 0.507 e. The number of aromatic hydroxyl groups is 1. The van der Waals surface area contributed by atoms with Crippen molar-refractivity contribution in [3.63, 3.8) is 0 Å². The lowest BCUT2D eigenvalue weighted by Gasteiger charge is -2.36. The summed E-state index contributed by atoms with van der Waals surface area (Å²) >= 11 is 0. The molecule has 2 heterocycles. The van der Waals surface area contributed by atoms with Gasteiger partial charge < -0.3 is 15.3 Å². The van der Waals surface area contributed by atoms with Gasteiger partial charge in [0.25, 0.3) is 5.91 Å². The Morgan fingerprint density at radius 1 is 1.45 bits per heavy atom. The molecule has 2 saturated heterocycles. The highest BCUT2D eigenvalue weighted by molar-refractivity contribution is 5.98. The molecule has 106 valence electrons. The van der Waals surface area contributed by atoms with Crippen molar-refractivity contribution in [2.24, 2.45) is 5.92 Å². The standard InChI is InChI=1S/C15H18N2O3/c1-9-4-2-5-11(13(9)18)15(20)17-7-3-6-10-12(17)8-16-14(10)19/h2,4-5,10,12,18H,3,6-8H2,1H3,(H,16,19). The number of nitrogens with zero attached hydrogens (tertiary/aromatic N) is 1. The third kappa shape index (κ3) is 1.94. The number of para-hydroxylation sites is 1. The maximum atomic E-state index is 12.6. The van der Waals surface area contributed by atoms with Gasteiger partial charge in [0.2, 0.25) is 5.91 Å². The minimum Gasteiger partial charge on any atom is -0.507 e. The number of hydrogen-bond donors (Lipinski definition) is 2. The molecule has 0 aliphatic carbocycles. The van der Waals surface area contributed by atoms with Gasteiger partial charge in [0.1, 0.15) is 5.75 Å². The number of carbonyl (C=O) groups excluding carboxylic acids is 2. The molecule has 2 amide bonds. The van der Waals surface area contributed by atoms with E-state index in [-0.39, 0.29) is 29.5 Å². The summed E-state index contributed by atoms with van der Waals surface area (Å²) in [6, 6.07) is 5.09. The van der Waals surface area contributed by atoms with Gasteiger partial charge in [0, 0.05) is 13.1 Å². The number of amides is 2. The molecule has 2 aliphatic rings. The number of likely N-dealkylation sites (tertiary alicyclic amines) is 1. The Kier molecular flexibility index (Phi) is 3.12. The molecule has 1 aromatic rings. The summed E-state index contributed by atoms with van der Waals surface area (Å²) in [5.41, 5.74) is 1.01. The molecule has 0 saturated carbocycles. The topological polar surface area (TPSA) is 69.6 Å². The van der Waals surface area contributed by atoms with Crippen LogP contribution in [-0.4, -0.2) is 41.0 Å². The normalized spacial score (nSPS) is 25.2. The molecular weight excluding hydrogens is 256 g/mol. The molecule has 2 atom stereocenters. The summed E-state index contributed by atoms with van der Waals surface area (Å²) in [5.74, 6) is -0.199. The van der Waals surface area contributed by atoms with Crippen LogP contribution in [0.1, 0.15) is 28.8 Å². The molecule has 2 unspecified atom stereocenters. The quantitative estimate of drug-likeness (QED) is 0.804. The summed E-state index contributed by atoms with van der Waals surface area (Å²) in [5, 5.41) is 12.9. The number of phenolic OH excluding ortho intramolecular Hbond substituents is 1. The highest BCUT2D eigenvalue weighted by Gasteiger charge is 2.43. The minimum absolute atomic E-state index is 0.0388. The first-order valence-electron chi connectivity index (χ1n) is 6.97. The molecule has 0 radical (unpaired) electrons. The molecule has 0 bridgehead atoms. The van der Waals surface area contributed by atoms with Crippen LogP contribution < -0.4 is 5.32 Å². The second-order valence-corrected chi connectivity index (χ2v) is 5.53. The molecule has 3 rings (SSSR count). The van der Waals surface area contributed by atoms with Crippen LogP contribution in [0.3, 0.4) is 0 Å². The zero-order valence-corrected chi connectivity index (χ0v) is 11.4. The van der Waals surface area contributed by atoms with Gasteiger partial charge in [-0.05, 0) is 31.4 Å². The van der Waals surface area contributed by atoms with E-state index in [2.05, 4.69) is 5.32 Å². The molecule has 5 heteroatoms. The maximum Gasteiger partial charge on any atom is 0.257 e. The second-order valence-electron chi connectivity index (χ2n) is 5.53. The van der Waals surface area contributed by atoms with Gasteiger partial charge in [-0.1, -0.05) is 12.1 Å². The van der Waals surface area contributed by atoms with Crippen molar-refractivity contribution in [1.29, 1.82) is 0 Å². The van der Waals surface area contributed by atoms with E-state index >= 15 is 0 Å². The molecule has 5 nitrogen and oxygen atoms in total. The molecular formula is C15H18N2O3. The Bertz CT molecular complexity index is 570. The van der Waals surface area contributed by atoms with E-state index in [0.717, 1.165) is 12.8 Å². The Labute approximate surface area is 117 Å². The lowest BCUT2D eigenvalue weighted by molar-refractivity contribution is -0.123. The number of nitrogens with one attached hydrogen (secondary N) is 1. The summed E-state index contributed by atoms with van der Waals surface area (Å²) in [6.45, 7) is 2.93. The van der Waals surface area contributed by atoms with Crippen LogP contribution in [0.5, 0.6) is 5.75 Å². The van der Waals surface area contributed by atoms with E-state index in [4.69, 9.17) is 0 Å². The molecule has 2 aliphatic heterocycles. The van der Waals surface area contributed by atoms with Crippen LogP contribution in [0.4, 0.5) is 0 Å². The number of phenols is 1. The van der Waals surface area contributed by atoms with Crippen molar-refractivity contribution >= 4 is 11.8 Å². The van der Waals surface area contributed by atoms with E-state index in [1.165, 1.54) is 0 Å². The predicted octanol–water partition coefficient (Wildman–Crippen LogP) is 1.05. The number of hydrogen-bond acceptors (Lipinski definition) is 3. The van der Waals surface area contributed by atoms with Gasteiger partial charge in [-0.2, -0.15) is 0 Å². The van der Waals surface area contributed by atoms with Gasteiger partial charge in [-0.15, -0.1) is 0 Å². The lowest BCUT2D eigenvalue weighted by Crippen LogP contribution is -2.48. The molecule has 0 aromatic heterocycles. The summed E-state index contributed by atoms with van der Waals surface area (Å²) < 4.78 is 0. The first kappa shape index (κ1) is 13.0. The fourth-order valence-electron chi connectivity index (χ4n) is 3.19. The summed E-state index contributed by atoms with van der Waals surface area (Å²) in [7, 11) is 0. The highest BCUT2D eigenvalue weighted by Crippen LogP contribution is 2.31. The van der Waals surface area contributed by atoms with Crippen molar-refractivity contribution in [3.05, 3.63) is 29.3 Å². The zero-order valence-electron chi connectivity index (χ0n) is 11.4. The number of piperidine rings is 1. The van der Waals surface area contributed by atoms with Crippen molar-refractivity contribution in [2.75, 3.05) is 13.1 Å². The number of fused-ring (bicyclic) bond motifs is 1. The summed E-state index contributed by atoms with van der Waals surface area (Å²) in [4.78, 5) is 26.1. The molecule has 20 heavy (non-hydrogen) atoms. The number of benzene rings is 1. The lowest BCUT2D eigenvalue weighted by atomic mass is 9.91. The third-order valence-electron chi connectivity index (χ3n) is 4.33. The van der Waals surface area contributed by atoms with Gasteiger partial charge in [-0.3, -0.25) is 9.59 Å². The van der Waals surface area contributed by atoms with E-state index < -0.39 is 0 Å². The second kappa shape index (κ2) is 4.81. The van der Waals surface area contributed by atoms with E-state index in [9.17, 15) is 14.7 Å². The predicted molar refractivity (Wildman–Crippen MR) is 73.4 cm³/mol. The van der Waals surface area contributed by atoms with Gasteiger partial charge >= 0.3 is 0 Å². The van der Waals surface area contributed by atoms with Crippen molar-refractivity contribution < 1.29 is 14.7 Å². The van der Waals surface area contributed by atoms with Crippen molar-refractivity contribution in [1.82, 2.24) is 10.2 Å². The van der Waals surface area contributed by atoms with Gasteiger partial charge in [0.15, 0.2) is 0 Å². The number of carbonyl (C=O) groups is 2. The van der Waals surface area contributed by atoms with Crippen LogP contribution in [0.25, 0.3) is 0 Å². The van der Waals surface area contributed by atoms with Gasteiger partial charge in [0.05, 0.1) is 17.5 Å². The maximum absolute atomic E-state index is 12.6. The number of aryl methyl sites for hydroxylation is 1. The van der Waals surface area contributed by atoms with Gasteiger partial charge in [-0.25, -0.2) is 0 Å². The third-order valence-corrected chi connectivity index (χ3v) is 4.33.